The molecule has 0 aliphatic heterocycles. The first-order valence-corrected chi connectivity index (χ1v) is 12.2. The molecule has 0 amide bonds. The van der Waals surface area contributed by atoms with Crippen LogP contribution in [0.4, 0.5) is 13.2 Å². The summed E-state index contributed by atoms with van der Waals surface area (Å²) in [6, 6.07) is 25.5. The number of aromatic nitrogens is 4. The lowest BCUT2D eigenvalue weighted by atomic mass is 10.1. The zero-order chi connectivity index (χ0) is 25.4. The first kappa shape index (κ1) is 23.1. The number of halogens is 3. The standard InChI is InChI=1S/C27H17F3N4O2S/c28-27(29,30)36-18-12-10-16(11-13-18)15-37-26-34-33-25(35-26)22-14-20-19-8-4-5-9-21(19)31-24(20)23(32-22)17-6-2-1-3-7-17/h1-14,31H,15H2. The fraction of sp³-hybridized carbons (Fsp3) is 0.0741. The van der Waals surface area contributed by atoms with E-state index in [0.29, 0.717) is 16.7 Å². The largest absolute Gasteiger partial charge is 0.573 e. The number of hydrogen-bond acceptors (Lipinski definition) is 6. The van der Waals surface area contributed by atoms with Crippen LogP contribution in [0.5, 0.6) is 5.75 Å². The molecule has 0 radical (unpaired) electrons. The number of rotatable bonds is 6. The average molecular weight is 519 g/mol. The molecule has 184 valence electrons. The minimum Gasteiger partial charge on any atom is -0.410 e. The van der Waals surface area contributed by atoms with E-state index in [-0.39, 0.29) is 11.6 Å². The third-order valence-electron chi connectivity index (χ3n) is 5.69. The van der Waals surface area contributed by atoms with E-state index < -0.39 is 6.36 Å². The highest BCUT2D eigenvalue weighted by Gasteiger charge is 2.31. The van der Waals surface area contributed by atoms with Crippen molar-refractivity contribution in [2.75, 3.05) is 0 Å². The number of H-pyrrole nitrogens is 1. The Morgan fingerprint density at radius 2 is 1.62 bits per heavy atom. The molecule has 3 aromatic carbocycles. The molecule has 3 aromatic heterocycles. The molecule has 10 heteroatoms. The Balaban J connectivity index is 1.29. The van der Waals surface area contributed by atoms with Crippen LogP contribution in [0, 0.1) is 0 Å². The van der Waals surface area contributed by atoms with Crippen LogP contribution in [0.25, 0.3) is 44.6 Å². The van der Waals surface area contributed by atoms with Crippen LogP contribution >= 0.6 is 11.8 Å². The van der Waals surface area contributed by atoms with Crippen LogP contribution in [0.2, 0.25) is 0 Å². The number of ether oxygens (including phenoxy) is 1. The van der Waals surface area contributed by atoms with E-state index >= 15 is 0 Å². The van der Waals surface area contributed by atoms with Crippen LogP contribution in [-0.4, -0.2) is 26.5 Å². The normalized spacial score (nSPS) is 11.9. The lowest BCUT2D eigenvalue weighted by Gasteiger charge is -2.08. The van der Waals surface area contributed by atoms with Crippen molar-refractivity contribution in [3.05, 3.63) is 90.5 Å². The summed E-state index contributed by atoms with van der Waals surface area (Å²) in [5.41, 5.74) is 4.98. The molecule has 0 saturated carbocycles. The van der Waals surface area contributed by atoms with Gasteiger partial charge in [-0.15, -0.1) is 23.4 Å². The molecule has 6 nitrogen and oxygen atoms in total. The zero-order valence-electron chi connectivity index (χ0n) is 19.0. The number of nitrogens with zero attached hydrogens (tertiary/aromatic N) is 3. The van der Waals surface area contributed by atoms with Gasteiger partial charge in [-0.1, -0.05) is 72.4 Å². The Kier molecular flexibility index (Phi) is 5.80. The molecule has 37 heavy (non-hydrogen) atoms. The molecule has 1 N–H and O–H groups in total. The van der Waals surface area contributed by atoms with Crippen molar-refractivity contribution < 1.29 is 22.3 Å². The lowest BCUT2D eigenvalue weighted by Crippen LogP contribution is -2.16. The van der Waals surface area contributed by atoms with Gasteiger partial charge in [0.25, 0.3) is 11.1 Å². The first-order chi connectivity index (χ1) is 17.9. The number of fused-ring (bicyclic) bond motifs is 3. The Hall–Kier alpha value is -4.31. The van der Waals surface area contributed by atoms with Crippen molar-refractivity contribution in [2.24, 2.45) is 0 Å². The van der Waals surface area contributed by atoms with Gasteiger partial charge in [0.15, 0.2) is 0 Å². The second-order valence-electron chi connectivity index (χ2n) is 8.17. The molecule has 0 aliphatic rings. The van der Waals surface area contributed by atoms with Crippen molar-refractivity contribution in [2.45, 2.75) is 17.3 Å². The van der Waals surface area contributed by atoms with Crippen molar-refractivity contribution in [1.82, 2.24) is 20.2 Å². The predicted molar refractivity (Wildman–Crippen MR) is 135 cm³/mol. The summed E-state index contributed by atoms with van der Waals surface area (Å²) in [4.78, 5) is 8.34. The molecule has 0 atom stereocenters. The highest BCUT2D eigenvalue weighted by molar-refractivity contribution is 7.98. The number of para-hydroxylation sites is 1. The number of alkyl halides is 3. The molecule has 0 aliphatic carbocycles. The van der Waals surface area contributed by atoms with Crippen molar-refractivity contribution in [1.29, 1.82) is 0 Å². The predicted octanol–water partition coefficient (Wildman–Crippen LogP) is 7.62. The molecule has 0 unspecified atom stereocenters. The summed E-state index contributed by atoms with van der Waals surface area (Å²) in [6.45, 7) is 0. The lowest BCUT2D eigenvalue weighted by molar-refractivity contribution is -0.274. The summed E-state index contributed by atoms with van der Waals surface area (Å²) in [5.74, 6) is 0.438. The Bertz CT molecular complexity index is 1700. The van der Waals surface area contributed by atoms with Gasteiger partial charge in [0, 0.05) is 27.6 Å². The maximum Gasteiger partial charge on any atom is 0.573 e. The van der Waals surface area contributed by atoms with Gasteiger partial charge in [-0.3, -0.25) is 0 Å². The molecular formula is C27H17F3N4O2S. The molecule has 0 fully saturated rings. The number of nitrogens with one attached hydrogen (secondary N) is 1. The second kappa shape index (κ2) is 9.29. The summed E-state index contributed by atoms with van der Waals surface area (Å²) >= 11 is 1.28. The van der Waals surface area contributed by atoms with E-state index in [0.717, 1.165) is 38.6 Å². The van der Waals surface area contributed by atoms with E-state index in [9.17, 15) is 13.2 Å². The molecule has 6 aromatic rings. The first-order valence-electron chi connectivity index (χ1n) is 11.2. The van der Waals surface area contributed by atoms with E-state index in [1.807, 2.05) is 60.7 Å². The minimum atomic E-state index is -4.72. The number of pyridine rings is 1. The Morgan fingerprint density at radius 1 is 0.865 bits per heavy atom. The van der Waals surface area contributed by atoms with Crippen molar-refractivity contribution in [3.8, 4) is 28.6 Å². The Morgan fingerprint density at radius 3 is 2.41 bits per heavy atom. The zero-order valence-corrected chi connectivity index (χ0v) is 19.8. The number of benzene rings is 3. The summed E-state index contributed by atoms with van der Waals surface area (Å²) in [5, 5.41) is 10.7. The summed E-state index contributed by atoms with van der Waals surface area (Å²) < 4.78 is 46.9. The number of thioether (sulfide) groups is 1. The van der Waals surface area contributed by atoms with Gasteiger partial charge in [-0.25, -0.2) is 4.98 Å². The van der Waals surface area contributed by atoms with E-state index in [2.05, 4.69) is 19.9 Å². The third-order valence-corrected chi connectivity index (χ3v) is 6.58. The Labute approximate surface area is 212 Å². The monoisotopic (exact) mass is 518 g/mol. The van der Waals surface area contributed by atoms with Crippen molar-refractivity contribution >= 4 is 33.6 Å². The van der Waals surface area contributed by atoms with Gasteiger partial charge in [-0.2, -0.15) is 0 Å². The van der Waals surface area contributed by atoms with Gasteiger partial charge >= 0.3 is 6.36 Å². The van der Waals surface area contributed by atoms with Crippen LogP contribution in [-0.2, 0) is 5.75 Å². The number of hydrogen-bond donors (Lipinski definition) is 1. The third kappa shape index (κ3) is 4.88. The van der Waals surface area contributed by atoms with E-state index in [4.69, 9.17) is 9.40 Å². The molecule has 3 heterocycles. The topological polar surface area (TPSA) is 76.8 Å². The molecule has 0 spiro atoms. The SMILES string of the molecule is FC(F)(F)Oc1ccc(CSc2nnc(-c3cc4c([nH]c5ccccc54)c(-c4ccccc4)n3)o2)cc1. The molecule has 0 saturated heterocycles. The highest BCUT2D eigenvalue weighted by atomic mass is 32.2. The maximum absolute atomic E-state index is 12.4. The smallest absolute Gasteiger partial charge is 0.410 e. The van der Waals surface area contributed by atoms with E-state index in [1.54, 1.807) is 12.1 Å². The van der Waals surface area contributed by atoms with Crippen LogP contribution in [0.1, 0.15) is 5.56 Å². The average Bonchev–Trinajstić information content (AvgIpc) is 3.52. The fourth-order valence-corrected chi connectivity index (χ4v) is 4.78. The van der Waals surface area contributed by atoms with Gasteiger partial charge < -0.3 is 14.1 Å². The summed E-state index contributed by atoms with van der Waals surface area (Å²) in [6.07, 6.45) is -4.72. The van der Waals surface area contributed by atoms with Gasteiger partial charge in [0.05, 0.1) is 11.2 Å². The second-order valence-corrected chi connectivity index (χ2v) is 9.10. The van der Waals surface area contributed by atoms with E-state index in [1.165, 1.54) is 23.9 Å². The number of aromatic amines is 1. The van der Waals surface area contributed by atoms with Crippen LogP contribution in [0.15, 0.2) is 94.6 Å². The van der Waals surface area contributed by atoms with Gasteiger partial charge in [0.1, 0.15) is 11.4 Å². The maximum atomic E-state index is 12.4. The minimum absolute atomic E-state index is 0.269. The van der Waals surface area contributed by atoms with Gasteiger partial charge in [0.2, 0.25) is 0 Å². The van der Waals surface area contributed by atoms with Crippen LogP contribution < -0.4 is 4.74 Å². The van der Waals surface area contributed by atoms with Crippen molar-refractivity contribution in [3.63, 3.8) is 0 Å². The molecular weight excluding hydrogens is 501 g/mol. The highest BCUT2D eigenvalue weighted by Crippen LogP contribution is 2.35. The molecule has 6 rings (SSSR count). The molecule has 0 bridgehead atoms. The summed E-state index contributed by atoms with van der Waals surface area (Å²) in [7, 11) is 0. The van der Waals surface area contributed by atoms with Crippen LogP contribution in [0.3, 0.4) is 0 Å². The quantitative estimate of drug-likeness (QED) is 0.229. The van der Waals surface area contributed by atoms with Gasteiger partial charge in [-0.05, 0) is 29.8 Å². The fourth-order valence-electron chi connectivity index (χ4n) is 4.06.